The first-order valence-electron chi connectivity index (χ1n) is 7.38. The minimum Gasteiger partial charge on any atom is -0.267 e. The summed E-state index contributed by atoms with van der Waals surface area (Å²) in [6, 6.07) is 10.9. The highest BCUT2D eigenvalue weighted by atomic mass is 19.1. The van der Waals surface area contributed by atoms with Crippen LogP contribution < -0.4 is 10.9 Å². The lowest BCUT2D eigenvalue weighted by atomic mass is 10.1. The van der Waals surface area contributed by atoms with E-state index in [0.29, 0.717) is 16.6 Å². The predicted molar refractivity (Wildman–Crippen MR) is 87.8 cm³/mol. The van der Waals surface area contributed by atoms with E-state index >= 15 is 0 Å². The molecule has 1 heterocycles. The van der Waals surface area contributed by atoms with Gasteiger partial charge in [0.15, 0.2) is 0 Å². The number of hydrogen-bond donors (Lipinski definition) is 2. The molecule has 3 rings (SSSR count). The number of nitrogens with zero attached hydrogens (tertiary/aromatic N) is 1. The SMILES string of the molecule is Cc1nc2ccc(F)cc2cc1C(=O)NNC(=O)c1ccccc1F. The highest BCUT2D eigenvalue weighted by Gasteiger charge is 2.15. The van der Waals surface area contributed by atoms with Gasteiger partial charge in [0.2, 0.25) is 0 Å². The fourth-order valence-corrected chi connectivity index (χ4v) is 2.37. The second kappa shape index (κ2) is 6.64. The van der Waals surface area contributed by atoms with E-state index in [2.05, 4.69) is 15.8 Å². The minimum absolute atomic E-state index is 0.173. The summed E-state index contributed by atoms with van der Waals surface area (Å²) in [5.74, 6) is -2.57. The lowest BCUT2D eigenvalue weighted by Crippen LogP contribution is -2.42. The number of hydrazine groups is 1. The number of nitrogens with one attached hydrogen (secondary N) is 2. The third-order valence-corrected chi connectivity index (χ3v) is 3.62. The molecule has 5 nitrogen and oxygen atoms in total. The van der Waals surface area contributed by atoms with Crippen molar-refractivity contribution in [1.29, 1.82) is 0 Å². The lowest BCUT2D eigenvalue weighted by molar-refractivity contribution is 0.0843. The summed E-state index contributed by atoms with van der Waals surface area (Å²) in [7, 11) is 0. The minimum atomic E-state index is -0.788. The Balaban J connectivity index is 1.79. The number of amides is 2. The Morgan fingerprint density at radius 1 is 0.920 bits per heavy atom. The van der Waals surface area contributed by atoms with Crippen molar-refractivity contribution in [2.45, 2.75) is 6.92 Å². The van der Waals surface area contributed by atoms with Crippen LogP contribution in [0.1, 0.15) is 26.4 Å². The van der Waals surface area contributed by atoms with Crippen molar-refractivity contribution in [3.8, 4) is 0 Å². The molecule has 0 radical (unpaired) electrons. The Kier molecular flexibility index (Phi) is 4.38. The molecule has 0 fully saturated rings. The normalized spacial score (nSPS) is 10.5. The highest BCUT2D eigenvalue weighted by Crippen LogP contribution is 2.17. The molecule has 0 spiro atoms. The van der Waals surface area contributed by atoms with Crippen LogP contribution in [-0.2, 0) is 0 Å². The van der Waals surface area contributed by atoms with Gasteiger partial charge in [-0.2, -0.15) is 0 Å². The Morgan fingerprint density at radius 2 is 1.60 bits per heavy atom. The zero-order valence-corrected chi connectivity index (χ0v) is 13.1. The van der Waals surface area contributed by atoms with Crippen LogP contribution in [0.15, 0.2) is 48.5 Å². The number of aryl methyl sites for hydroxylation is 1. The van der Waals surface area contributed by atoms with Crippen molar-refractivity contribution in [1.82, 2.24) is 15.8 Å². The molecule has 3 aromatic rings. The number of hydrogen-bond acceptors (Lipinski definition) is 3. The van der Waals surface area contributed by atoms with Crippen molar-refractivity contribution in [2.24, 2.45) is 0 Å². The van der Waals surface area contributed by atoms with Crippen LogP contribution in [0.2, 0.25) is 0 Å². The van der Waals surface area contributed by atoms with Crippen LogP contribution in [0.25, 0.3) is 10.9 Å². The molecule has 0 unspecified atom stereocenters. The van der Waals surface area contributed by atoms with Gasteiger partial charge in [-0.25, -0.2) is 8.78 Å². The van der Waals surface area contributed by atoms with E-state index in [9.17, 15) is 18.4 Å². The molecular formula is C18H13F2N3O2. The first kappa shape index (κ1) is 16.5. The van der Waals surface area contributed by atoms with Gasteiger partial charge in [0.1, 0.15) is 11.6 Å². The third kappa shape index (κ3) is 3.45. The van der Waals surface area contributed by atoms with Crippen molar-refractivity contribution in [3.05, 3.63) is 77.0 Å². The molecule has 2 aromatic carbocycles. The number of rotatable bonds is 2. The quantitative estimate of drug-likeness (QED) is 0.704. The van der Waals surface area contributed by atoms with E-state index in [1.807, 2.05) is 0 Å². The molecule has 0 bridgehead atoms. The van der Waals surface area contributed by atoms with Gasteiger partial charge in [-0.1, -0.05) is 12.1 Å². The molecule has 7 heteroatoms. The molecule has 25 heavy (non-hydrogen) atoms. The van der Waals surface area contributed by atoms with Crippen molar-refractivity contribution in [2.75, 3.05) is 0 Å². The van der Waals surface area contributed by atoms with E-state index in [1.165, 1.54) is 42.5 Å². The average Bonchev–Trinajstić information content (AvgIpc) is 2.59. The van der Waals surface area contributed by atoms with E-state index in [4.69, 9.17) is 0 Å². The number of pyridine rings is 1. The van der Waals surface area contributed by atoms with Crippen LogP contribution in [0.4, 0.5) is 8.78 Å². The summed E-state index contributed by atoms with van der Waals surface area (Å²) in [5, 5.41) is 0.455. The summed E-state index contributed by atoms with van der Waals surface area (Å²) in [6.07, 6.45) is 0. The van der Waals surface area contributed by atoms with E-state index in [0.717, 1.165) is 6.07 Å². The van der Waals surface area contributed by atoms with Gasteiger partial charge in [-0.05, 0) is 43.3 Å². The molecular weight excluding hydrogens is 328 g/mol. The van der Waals surface area contributed by atoms with Crippen LogP contribution in [-0.4, -0.2) is 16.8 Å². The maximum absolute atomic E-state index is 13.5. The highest BCUT2D eigenvalue weighted by molar-refractivity contribution is 6.01. The van der Waals surface area contributed by atoms with Crippen LogP contribution in [0, 0.1) is 18.6 Å². The first-order valence-corrected chi connectivity index (χ1v) is 7.38. The molecule has 0 saturated carbocycles. The van der Waals surface area contributed by atoms with Gasteiger partial charge >= 0.3 is 0 Å². The smallest absolute Gasteiger partial charge is 0.267 e. The largest absolute Gasteiger partial charge is 0.272 e. The number of carbonyl (C=O) groups excluding carboxylic acids is 2. The summed E-state index contributed by atoms with van der Waals surface area (Å²) >= 11 is 0. The fraction of sp³-hybridized carbons (Fsp3) is 0.0556. The summed E-state index contributed by atoms with van der Waals surface area (Å²) in [5.41, 5.74) is 5.29. The van der Waals surface area contributed by atoms with E-state index in [1.54, 1.807) is 6.92 Å². The van der Waals surface area contributed by atoms with Crippen molar-refractivity contribution in [3.63, 3.8) is 0 Å². The number of fused-ring (bicyclic) bond motifs is 1. The molecule has 1 aromatic heterocycles. The zero-order chi connectivity index (χ0) is 18.0. The fourth-order valence-electron chi connectivity index (χ4n) is 2.37. The second-order valence-corrected chi connectivity index (χ2v) is 5.35. The van der Waals surface area contributed by atoms with Crippen LogP contribution >= 0.6 is 0 Å². The molecule has 0 aliphatic heterocycles. The summed E-state index contributed by atoms with van der Waals surface area (Å²) in [4.78, 5) is 28.4. The number of halogens is 2. The molecule has 0 saturated heterocycles. The van der Waals surface area contributed by atoms with Crippen LogP contribution in [0.3, 0.4) is 0 Å². The molecule has 0 aliphatic rings. The second-order valence-electron chi connectivity index (χ2n) is 5.35. The van der Waals surface area contributed by atoms with E-state index in [-0.39, 0.29) is 11.1 Å². The number of aromatic nitrogens is 1. The van der Waals surface area contributed by atoms with E-state index < -0.39 is 23.4 Å². The Morgan fingerprint density at radius 3 is 2.32 bits per heavy atom. The average molecular weight is 341 g/mol. The Hall–Kier alpha value is -3.35. The zero-order valence-electron chi connectivity index (χ0n) is 13.1. The topological polar surface area (TPSA) is 71.1 Å². The van der Waals surface area contributed by atoms with Crippen LogP contribution in [0.5, 0.6) is 0 Å². The number of benzene rings is 2. The molecule has 2 amide bonds. The molecule has 0 aliphatic carbocycles. The Labute approximate surface area is 141 Å². The predicted octanol–water partition coefficient (Wildman–Crippen LogP) is 2.90. The molecule has 2 N–H and O–H groups in total. The molecule has 126 valence electrons. The Bertz CT molecular complexity index is 989. The summed E-state index contributed by atoms with van der Waals surface area (Å²) < 4.78 is 26.9. The van der Waals surface area contributed by atoms with Crippen molar-refractivity contribution >= 4 is 22.7 Å². The lowest BCUT2D eigenvalue weighted by Gasteiger charge is -2.10. The van der Waals surface area contributed by atoms with Gasteiger partial charge in [0.05, 0.1) is 22.3 Å². The van der Waals surface area contributed by atoms with Gasteiger partial charge in [0, 0.05) is 5.39 Å². The maximum Gasteiger partial charge on any atom is 0.272 e. The van der Waals surface area contributed by atoms with Gasteiger partial charge in [-0.3, -0.25) is 25.4 Å². The number of carbonyl (C=O) groups is 2. The van der Waals surface area contributed by atoms with Gasteiger partial charge in [0.25, 0.3) is 11.8 Å². The standard InChI is InChI=1S/C18H13F2N3O2/c1-10-14(9-11-8-12(19)6-7-16(11)21-10)18(25)23-22-17(24)13-4-2-3-5-15(13)20/h2-9H,1H3,(H,22,24)(H,23,25). The van der Waals surface area contributed by atoms with Crippen molar-refractivity contribution < 1.29 is 18.4 Å². The van der Waals surface area contributed by atoms with Gasteiger partial charge in [-0.15, -0.1) is 0 Å². The monoisotopic (exact) mass is 341 g/mol. The molecule has 0 atom stereocenters. The first-order chi connectivity index (χ1) is 12.0. The maximum atomic E-state index is 13.5. The van der Waals surface area contributed by atoms with Gasteiger partial charge < -0.3 is 0 Å². The summed E-state index contributed by atoms with van der Waals surface area (Å²) in [6.45, 7) is 1.62. The third-order valence-electron chi connectivity index (χ3n) is 3.62.